The SMILES string of the molecule is CCCCCCCCCCCCCCC(=O)NC1CC(=O)N(Cc2ccc(C(=O)OC(C)(C)C)cc2)C1. The highest BCUT2D eigenvalue weighted by atomic mass is 16.6. The molecule has 0 saturated carbocycles. The number of ether oxygens (including phenoxy) is 1. The molecule has 37 heavy (non-hydrogen) atoms. The van der Waals surface area contributed by atoms with Crippen LogP contribution in [0.15, 0.2) is 24.3 Å². The maximum atomic E-state index is 12.5. The van der Waals surface area contributed by atoms with E-state index in [1.165, 1.54) is 64.2 Å². The first-order valence-corrected chi connectivity index (χ1v) is 14.6. The summed E-state index contributed by atoms with van der Waals surface area (Å²) in [4.78, 5) is 38.8. The lowest BCUT2D eigenvalue weighted by Gasteiger charge is -2.20. The lowest BCUT2D eigenvalue weighted by Crippen LogP contribution is -2.36. The first kappa shape index (κ1) is 30.9. The van der Waals surface area contributed by atoms with Crippen molar-refractivity contribution in [3.05, 3.63) is 35.4 Å². The van der Waals surface area contributed by atoms with Crippen LogP contribution in [-0.2, 0) is 20.9 Å². The van der Waals surface area contributed by atoms with E-state index in [0.29, 0.717) is 31.5 Å². The molecule has 2 amide bonds. The van der Waals surface area contributed by atoms with E-state index >= 15 is 0 Å². The topological polar surface area (TPSA) is 75.7 Å². The first-order valence-electron chi connectivity index (χ1n) is 14.6. The number of esters is 1. The van der Waals surface area contributed by atoms with Crippen LogP contribution >= 0.6 is 0 Å². The van der Waals surface area contributed by atoms with Gasteiger partial charge in [0.05, 0.1) is 11.6 Å². The minimum atomic E-state index is -0.538. The van der Waals surface area contributed by atoms with E-state index in [-0.39, 0.29) is 23.8 Å². The Morgan fingerprint density at radius 3 is 1.97 bits per heavy atom. The van der Waals surface area contributed by atoms with E-state index in [4.69, 9.17) is 4.74 Å². The summed E-state index contributed by atoms with van der Waals surface area (Å²) in [7, 11) is 0. The average molecular weight is 515 g/mol. The molecule has 0 aliphatic carbocycles. The second-order valence-electron chi connectivity index (χ2n) is 11.6. The van der Waals surface area contributed by atoms with Crippen molar-refractivity contribution >= 4 is 17.8 Å². The minimum absolute atomic E-state index is 0.0480. The van der Waals surface area contributed by atoms with Gasteiger partial charge in [-0.2, -0.15) is 0 Å². The molecule has 1 aliphatic rings. The molecule has 1 atom stereocenters. The van der Waals surface area contributed by atoms with E-state index in [9.17, 15) is 14.4 Å². The van der Waals surface area contributed by atoms with Crippen LogP contribution in [0.4, 0.5) is 0 Å². The van der Waals surface area contributed by atoms with Gasteiger partial charge in [-0.05, 0) is 44.9 Å². The van der Waals surface area contributed by atoms with E-state index < -0.39 is 5.60 Å². The molecule has 1 heterocycles. The summed E-state index contributed by atoms with van der Waals surface area (Å²) in [5.41, 5.74) is 0.905. The number of nitrogens with zero attached hydrogens (tertiary/aromatic N) is 1. The molecule has 1 aliphatic heterocycles. The third kappa shape index (κ3) is 13.1. The number of carbonyl (C=O) groups excluding carboxylic acids is 3. The highest BCUT2D eigenvalue weighted by Crippen LogP contribution is 2.18. The van der Waals surface area contributed by atoms with Crippen molar-refractivity contribution in [2.24, 2.45) is 0 Å². The Balaban J connectivity index is 1.57. The maximum Gasteiger partial charge on any atom is 0.338 e. The van der Waals surface area contributed by atoms with Crippen molar-refractivity contribution in [2.75, 3.05) is 6.54 Å². The highest BCUT2D eigenvalue weighted by molar-refractivity contribution is 5.89. The molecule has 6 nitrogen and oxygen atoms in total. The van der Waals surface area contributed by atoms with Gasteiger partial charge in [-0.25, -0.2) is 4.79 Å². The van der Waals surface area contributed by atoms with Gasteiger partial charge >= 0.3 is 5.97 Å². The molecule has 0 aromatic heterocycles. The Labute approximate surface area is 224 Å². The van der Waals surface area contributed by atoms with Gasteiger partial charge in [0.2, 0.25) is 11.8 Å². The normalized spacial score (nSPS) is 15.7. The number of nitrogens with one attached hydrogen (secondary N) is 1. The molecule has 0 spiro atoms. The van der Waals surface area contributed by atoms with Crippen molar-refractivity contribution in [3.63, 3.8) is 0 Å². The van der Waals surface area contributed by atoms with Crippen LogP contribution in [0, 0.1) is 0 Å². The number of amides is 2. The van der Waals surface area contributed by atoms with Crippen LogP contribution in [0.5, 0.6) is 0 Å². The van der Waals surface area contributed by atoms with Crippen LogP contribution in [0.2, 0.25) is 0 Å². The van der Waals surface area contributed by atoms with E-state index in [0.717, 1.165) is 18.4 Å². The molecule has 6 heteroatoms. The van der Waals surface area contributed by atoms with Gasteiger partial charge in [0.1, 0.15) is 5.60 Å². The number of carbonyl (C=O) groups is 3. The molecule has 0 bridgehead atoms. The predicted molar refractivity (Wildman–Crippen MR) is 149 cm³/mol. The minimum Gasteiger partial charge on any atom is -0.456 e. The van der Waals surface area contributed by atoms with E-state index in [2.05, 4.69) is 12.2 Å². The fourth-order valence-corrected chi connectivity index (χ4v) is 4.75. The lowest BCUT2D eigenvalue weighted by molar-refractivity contribution is -0.128. The summed E-state index contributed by atoms with van der Waals surface area (Å²) in [6.45, 7) is 8.77. The quantitative estimate of drug-likeness (QED) is 0.180. The summed E-state index contributed by atoms with van der Waals surface area (Å²) < 4.78 is 5.40. The Hall–Kier alpha value is -2.37. The molecular formula is C31H50N2O4. The fraction of sp³-hybridized carbons (Fsp3) is 0.710. The Morgan fingerprint density at radius 1 is 0.892 bits per heavy atom. The molecule has 1 N–H and O–H groups in total. The second kappa shape index (κ2) is 16.5. The summed E-state index contributed by atoms with van der Waals surface area (Å²) in [6, 6.07) is 7.05. The van der Waals surface area contributed by atoms with Gasteiger partial charge in [-0.1, -0.05) is 89.7 Å². The second-order valence-corrected chi connectivity index (χ2v) is 11.6. The lowest BCUT2D eigenvalue weighted by atomic mass is 10.0. The van der Waals surface area contributed by atoms with Crippen LogP contribution in [-0.4, -0.2) is 40.9 Å². The fourth-order valence-electron chi connectivity index (χ4n) is 4.75. The highest BCUT2D eigenvalue weighted by Gasteiger charge is 2.30. The number of rotatable bonds is 17. The van der Waals surface area contributed by atoms with Gasteiger partial charge in [0.15, 0.2) is 0 Å². The van der Waals surface area contributed by atoms with Crippen molar-refractivity contribution < 1.29 is 19.1 Å². The molecule has 1 unspecified atom stereocenters. The van der Waals surface area contributed by atoms with Gasteiger partial charge < -0.3 is 15.0 Å². The summed E-state index contributed by atoms with van der Waals surface area (Å²) in [5.74, 6) is -0.257. The van der Waals surface area contributed by atoms with Crippen LogP contribution in [0.3, 0.4) is 0 Å². The number of unbranched alkanes of at least 4 members (excludes halogenated alkanes) is 11. The Kier molecular flexibility index (Phi) is 13.7. The Bertz CT molecular complexity index is 829. The zero-order valence-electron chi connectivity index (χ0n) is 23.8. The number of hydrogen-bond acceptors (Lipinski definition) is 4. The van der Waals surface area contributed by atoms with Crippen molar-refractivity contribution in [3.8, 4) is 0 Å². The van der Waals surface area contributed by atoms with Crippen molar-refractivity contribution in [2.45, 2.75) is 136 Å². The summed E-state index contributed by atoms with van der Waals surface area (Å²) in [5, 5.41) is 3.05. The standard InChI is InChI=1S/C31H50N2O4/c1-5-6-7-8-9-10-11-12-13-14-15-16-17-28(34)32-27-22-29(35)33(24-27)23-25-18-20-26(21-19-25)30(36)37-31(2,3)4/h18-21,27H,5-17,22-24H2,1-4H3,(H,32,34). The molecule has 1 saturated heterocycles. The first-order chi connectivity index (χ1) is 17.7. The number of hydrogen-bond donors (Lipinski definition) is 1. The van der Waals surface area contributed by atoms with Crippen molar-refractivity contribution in [1.29, 1.82) is 0 Å². The molecular weight excluding hydrogens is 464 g/mol. The maximum absolute atomic E-state index is 12.5. The largest absolute Gasteiger partial charge is 0.456 e. The van der Waals surface area contributed by atoms with Gasteiger partial charge in [-0.15, -0.1) is 0 Å². The molecule has 1 aromatic carbocycles. The zero-order valence-corrected chi connectivity index (χ0v) is 23.8. The Morgan fingerprint density at radius 2 is 1.43 bits per heavy atom. The third-order valence-electron chi connectivity index (χ3n) is 6.80. The number of likely N-dealkylation sites (tertiary alicyclic amines) is 1. The summed E-state index contributed by atoms with van der Waals surface area (Å²) in [6.07, 6.45) is 16.2. The average Bonchev–Trinajstić information content (AvgIpc) is 3.17. The van der Waals surface area contributed by atoms with E-state index in [1.54, 1.807) is 17.0 Å². The third-order valence-corrected chi connectivity index (χ3v) is 6.80. The molecule has 2 rings (SSSR count). The van der Waals surface area contributed by atoms with Crippen molar-refractivity contribution in [1.82, 2.24) is 10.2 Å². The zero-order chi connectivity index (χ0) is 27.1. The molecule has 1 fully saturated rings. The van der Waals surface area contributed by atoms with Gasteiger partial charge in [0.25, 0.3) is 0 Å². The van der Waals surface area contributed by atoms with Crippen LogP contribution < -0.4 is 5.32 Å². The number of benzene rings is 1. The van der Waals surface area contributed by atoms with Crippen LogP contribution in [0.25, 0.3) is 0 Å². The predicted octanol–water partition coefficient (Wildman–Crippen LogP) is 6.95. The summed E-state index contributed by atoms with van der Waals surface area (Å²) >= 11 is 0. The smallest absolute Gasteiger partial charge is 0.338 e. The molecule has 1 aromatic rings. The van der Waals surface area contributed by atoms with Gasteiger partial charge in [-0.3, -0.25) is 9.59 Å². The van der Waals surface area contributed by atoms with Gasteiger partial charge in [0, 0.05) is 25.9 Å². The molecule has 0 radical (unpaired) electrons. The van der Waals surface area contributed by atoms with E-state index in [1.807, 2.05) is 32.9 Å². The molecule has 208 valence electrons. The van der Waals surface area contributed by atoms with Crippen LogP contribution in [0.1, 0.15) is 134 Å². The monoisotopic (exact) mass is 514 g/mol.